The minimum atomic E-state index is -1.39. The number of unbranched alkanes of at least 4 members (excludes halogenated alkanes) is 24. The molecule has 41 heavy (non-hydrogen) atoms. The number of Topliss-reactive ketones (excluding diaryl/α,β-unsaturated/α-hetero) is 1. The second-order valence-corrected chi connectivity index (χ2v) is 13.0. The predicted octanol–water partition coefficient (Wildman–Crippen LogP) is 9.52. The Labute approximate surface area is 255 Å². The van der Waals surface area contributed by atoms with Gasteiger partial charge in [0.15, 0.2) is 0 Å². The Morgan fingerprint density at radius 2 is 0.780 bits per heavy atom. The number of nitrogens with two attached hydrogens (primary N) is 1. The van der Waals surface area contributed by atoms with Gasteiger partial charge >= 0.3 is 0 Å². The number of ketones is 1. The summed E-state index contributed by atoms with van der Waals surface area (Å²) in [6.07, 6.45) is 30.9. The molecule has 0 rings (SSSR count). The van der Waals surface area contributed by atoms with Crippen LogP contribution in [0.15, 0.2) is 0 Å². The molecule has 5 N–H and O–H groups in total. The lowest BCUT2D eigenvalue weighted by atomic mass is 9.88. The average Bonchev–Trinajstić information content (AvgIpc) is 2.93. The molecule has 0 bridgehead atoms. The first-order valence-corrected chi connectivity index (χ1v) is 18.3. The smallest absolute Gasteiger partial charge is 0.145 e. The van der Waals surface area contributed by atoms with Crippen molar-refractivity contribution in [1.82, 2.24) is 0 Å². The van der Waals surface area contributed by atoms with Gasteiger partial charge in [-0.05, 0) is 12.8 Å². The van der Waals surface area contributed by atoms with E-state index in [-0.39, 0.29) is 12.2 Å². The summed E-state index contributed by atoms with van der Waals surface area (Å²) in [5, 5.41) is 31.0. The van der Waals surface area contributed by atoms with Gasteiger partial charge in [-0.1, -0.05) is 181 Å². The van der Waals surface area contributed by atoms with E-state index in [1.54, 1.807) is 0 Å². The Morgan fingerprint density at radius 1 is 0.488 bits per heavy atom. The van der Waals surface area contributed by atoms with Crippen molar-refractivity contribution in [3.8, 4) is 0 Å². The first-order valence-electron chi connectivity index (χ1n) is 18.3. The molecule has 0 aromatic rings. The monoisotopic (exact) mass is 584 g/mol. The minimum Gasteiger partial charge on any atom is -0.393 e. The normalized spacial score (nSPS) is 14.7. The first kappa shape index (κ1) is 40.5. The van der Waals surface area contributed by atoms with E-state index in [0.29, 0.717) is 12.8 Å². The Balaban J connectivity index is 3.81. The SMILES string of the molecule is CCCCCCCCCCCCCCC[C@@H](O)CC(=O)[C@H](C(N)O)[C@H](O)CCCCCCCCCCCCCCC. The van der Waals surface area contributed by atoms with Crippen molar-refractivity contribution >= 4 is 5.78 Å². The molecule has 0 heterocycles. The molecule has 4 atom stereocenters. The fraction of sp³-hybridized carbons (Fsp3) is 0.972. The van der Waals surface area contributed by atoms with Gasteiger partial charge in [-0.25, -0.2) is 0 Å². The Kier molecular flexibility index (Phi) is 30.6. The number of carbonyl (C=O) groups excluding carboxylic acids is 1. The number of aliphatic hydroxyl groups excluding tert-OH is 3. The van der Waals surface area contributed by atoms with Gasteiger partial charge in [-0.3, -0.25) is 4.79 Å². The minimum absolute atomic E-state index is 0.0349. The summed E-state index contributed by atoms with van der Waals surface area (Å²) in [7, 11) is 0. The van der Waals surface area contributed by atoms with Crippen molar-refractivity contribution in [3.63, 3.8) is 0 Å². The molecular weight excluding hydrogens is 510 g/mol. The molecule has 0 aliphatic heterocycles. The van der Waals surface area contributed by atoms with Gasteiger partial charge in [-0.2, -0.15) is 0 Å². The second kappa shape index (κ2) is 31.0. The molecule has 5 nitrogen and oxygen atoms in total. The van der Waals surface area contributed by atoms with Crippen molar-refractivity contribution in [2.24, 2.45) is 11.7 Å². The Hall–Kier alpha value is -0.490. The lowest BCUT2D eigenvalue weighted by Gasteiger charge is -2.25. The zero-order valence-corrected chi connectivity index (χ0v) is 27.6. The van der Waals surface area contributed by atoms with Crippen LogP contribution in [0.4, 0.5) is 0 Å². The van der Waals surface area contributed by atoms with Gasteiger partial charge in [0, 0.05) is 6.42 Å². The van der Waals surface area contributed by atoms with E-state index in [1.807, 2.05) is 0 Å². The van der Waals surface area contributed by atoms with Crippen LogP contribution < -0.4 is 5.73 Å². The molecular formula is C36H73NO4. The summed E-state index contributed by atoms with van der Waals surface area (Å²) in [6.45, 7) is 4.52. The van der Waals surface area contributed by atoms with Gasteiger partial charge in [0.2, 0.25) is 0 Å². The Bertz CT molecular complexity index is 542. The van der Waals surface area contributed by atoms with Crippen LogP contribution in [0.1, 0.15) is 200 Å². The quantitative estimate of drug-likeness (QED) is 0.0455. The molecule has 0 fully saturated rings. The van der Waals surface area contributed by atoms with Crippen LogP contribution in [0, 0.1) is 5.92 Å². The van der Waals surface area contributed by atoms with E-state index >= 15 is 0 Å². The van der Waals surface area contributed by atoms with Crippen molar-refractivity contribution < 1.29 is 20.1 Å². The maximum atomic E-state index is 12.7. The highest BCUT2D eigenvalue weighted by Crippen LogP contribution is 2.20. The molecule has 0 saturated heterocycles. The molecule has 0 aromatic carbocycles. The number of aliphatic hydroxyl groups is 3. The highest BCUT2D eigenvalue weighted by Gasteiger charge is 2.32. The van der Waals surface area contributed by atoms with Crippen LogP contribution in [0.5, 0.6) is 0 Å². The molecule has 0 aliphatic rings. The zero-order chi connectivity index (χ0) is 30.4. The van der Waals surface area contributed by atoms with E-state index in [2.05, 4.69) is 13.8 Å². The van der Waals surface area contributed by atoms with Crippen LogP contribution in [0.25, 0.3) is 0 Å². The maximum Gasteiger partial charge on any atom is 0.145 e. The summed E-state index contributed by atoms with van der Waals surface area (Å²) in [5.41, 5.74) is 5.68. The van der Waals surface area contributed by atoms with Crippen molar-refractivity contribution in [2.75, 3.05) is 0 Å². The van der Waals surface area contributed by atoms with Crippen molar-refractivity contribution in [3.05, 3.63) is 0 Å². The van der Waals surface area contributed by atoms with Crippen molar-refractivity contribution in [2.45, 2.75) is 218 Å². The van der Waals surface area contributed by atoms with E-state index in [4.69, 9.17) is 5.73 Å². The second-order valence-electron chi connectivity index (χ2n) is 13.0. The number of carbonyl (C=O) groups is 1. The molecule has 0 aromatic heterocycles. The first-order chi connectivity index (χ1) is 19.9. The third kappa shape index (κ3) is 26.8. The van der Waals surface area contributed by atoms with Crippen LogP contribution in [-0.4, -0.2) is 39.5 Å². The topological polar surface area (TPSA) is 104 Å². The summed E-state index contributed by atoms with van der Waals surface area (Å²) in [5.74, 6) is -1.32. The summed E-state index contributed by atoms with van der Waals surface area (Å²) < 4.78 is 0. The fourth-order valence-corrected chi connectivity index (χ4v) is 6.05. The standard InChI is InChI=1S/C36H73NO4/c1-3-5-7-9-11-13-15-17-19-21-23-25-27-29-32(38)31-34(40)35(36(37)41)33(39)30-28-26-24-22-20-18-16-14-12-10-8-6-4-2/h32-33,35-36,38-39,41H,3-31,37H2,1-2H3/t32-,33-,35-,36?/m1/s1. The number of hydrogen-bond acceptors (Lipinski definition) is 5. The Morgan fingerprint density at radius 3 is 1.10 bits per heavy atom. The third-order valence-corrected chi connectivity index (χ3v) is 8.84. The highest BCUT2D eigenvalue weighted by atomic mass is 16.3. The average molecular weight is 584 g/mol. The molecule has 0 spiro atoms. The van der Waals surface area contributed by atoms with Crippen molar-refractivity contribution in [1.29, 1.82) is 0 Å². The summed E-state index contributed by atoms with van der Waals surface area (Å²) in [4.78, 5) is 12.7. The van der Waals surface area contributed by atoms with E-state index in [9.17, 15) is 20.1 Å². The van der Waals surface area contributed by atoms with Crippen LogP contribution in [0.3, 0.4) is 0 Å². The molecule has 1 unspecified atom stereocenters. The van der Waals surface area contributed by atoms with Gasteiger partial charge in [-0.15, -0.1) is 0 Å². The van der Waals surface area contributed by atoms with Gasteiger partial charge < -0.3 is 21.1 Å². The van der Waals surface area contributed by atoms with Crippen LogP contribution >= 0.6 is 0 Å². The van der Waals surface area contributed by atoms with E-state index in [0.717, 1.165) is 32.1 Å². The van der Waals surface area contributed by atoms with Crippen LogP contribution in [0.2, 0.25) is 0 Å². The lowest BCUT2D eigenvalue weighted by Crippen LogP contribution is -2.44. The largest absolute Gasteiger partial charge is 0.393 e. The zero-order valence-electron chi connectivity index (χ0n) is 27.6. The van der Waals surface area contributed by atoms with E-state index < -0.39 is 24.4 Å². The molecule has 5 heteroatoms. The molecule has 246 valence electrons. The van der Waals surface area contributed by atoms with Gasteiger partial charge in [0.05, 0.1) is 18.1 Å². The summed E-state index contributed by atoms with van der Waals surface area (Å²) >= 11 is 0. The van der Waals surface area contributed by atoms with E-state index in [1.165, 1.54) is 135 Å². The molecule has 0 aliphatic carbocycles. The molecule has 0 saturated carbocycles. The third-order valence-electron chi connectivity index (χ3n) is 8.84. The predicted molar refractivity (Wildman–Crippen MR) is 176 cm³/mol. The lowest BCUT2D eigenvalue weighted by molar-refractivity contribution is -0.133. The van der Waals surface area contributed by atoms with Crippen LogP contribution in [-0.2, 0) is 4.79 Å². The molecule has 0 amide bonds. The summed E-state index contributed by atoms with van der Waals surface area (Å²) in [6, 6.07) is 0. The van der Waals surface area contributed by atoms with Gasteiger partial charge in [0.1, 0.15) is 12.0 Å². The maximum absolute atomic E-state index is 12.7. The van der Waals surface area contributed by atoms with Gasteiger partial charge in [0.25, 0.3) is 0 Å². The number of hydrogen-bond donors (Lipinski definition) is 4. The molecule has 0 radical (unpaired) electrons. The number of rotatable bonds is 33. The highest BCUT2D eigenvalue weighted by molar-refractivity contribution is 5.82. The fourth-order valence-electron chi connectivity index (χ4n) is 6.05.